The van der Waals surface area contributed by atoms with Crippen molar-refractivity contribution in [1.82, 2.24) is 14.2 Å². The number of rotatable bonds is 4. The first-order valence-electron chi connectivity index (χ1n) is 8.99. The number of carbonyl (C=O) groups is 2. The van der Waals surface area contributed by atoms with E-state index in [1.807, 2.05) is 34.9 Å². The van der Waals surface area contributed by atoms with Gasteiger partial charge in [-0.2, -0.15) is 4.37 Å². The Morgan fingerprint density at radius 2 is 1.76 bits per heavy atom. The number of aryl methyl sites for hydroxylation is 1. The number of piperazine rings is 1. The summed E-state index contributed by atoms with van der Waals surface area (Å²) in [7, 11) is 0. The van der Waals surface area contributed by atoms with Crippen LogP contribution < -0.4 is 0 Å². The van der Waals surface area contributed by atoms with Crippen LogP contribution in [0.2, 0.25) is 0 Å². The fourth-order valence-electron chi connectivity index (χ4n) is 3.38. The van der Waals surface area contributed by atoms with Gasteiger partial charge in [-0.1, -0.05) is 25.5 Å². The van der Waals surface area contributed by atoms with Gasteiger partial charge < -0.3 is 9.80 Å². The zero-order chi connectivity index (χ0) is 18.0. The molecule has 2 aromatic rings. The minimum absolute atomic E-state index is 0.0218. The van der Waals surface area contributed by atoms with Crippen molar-refractivity contribution >= 4 is 33.4 Å². The molecule has 2 amide bonds. The molecule has 0 aliphatic carbocycles. The number of hydrogen-bond donors (Lipinski definition) is 0. The molecular weight excluding hydrogens is 334 g/mol. The summed E-state index contributed by atoms with van der Waals surface area (Å²) in [5.41, 5.74) is 1.67. The maximum absolute atomic E-state index is 12.9. The number of nitrogens with zero attached hydrogens (tertiary/aromatic N) is 3. The van der Waals surface area contributed by atoms with Crippen LogP contribution in [0.3, 0.4) is 0 Å². The molecule has 1 aromatic heterocycles. The molecule has 6 heteroatoms. The van der Waals surface area contributed by atoms with Gasteiger partial charge in [0.2, 0.25) is 5.91 Å². The molecule has 2 heterocycles. The van der Waals surface area contributed by atoms with Crippen molar-refractivity contribution in [2.45, 2.75) is 33.6 Å². The standard InChI is InChI=1S/C19H25N3O2S/c1-4-14(5-2)18(23)21-8-10-22(11-9-21)19(24)17-15-12-13(3)6-7-16(15)25-20-17/h6-7,12,14H,4-5,8-11H2,1-3H3. The van der Waals surface area contributed by atoms with Crippen LogP contribution in [0.5, 0.6) is 0 Å². The molecule has 1 aliphatic heterocycles. The number of benzene rings is 1. The summed E-state index contributed by atoms with van der Waals surface area (Å²) in [6, 6.07) is 6.08. The highest BCUT2D eigenvalue weighted by Gasteiger charge is 2.29. The van der Waals surface area contributed by atoms with Gasteiger partial charge in [0, 0.05) is 37.5 Å². The fraction of sp³-hybridized carbons (Fsp3) is 0.526. The van der Waals surface area contributed by atoms with Gasteiger partial charge >= 0.3 is 0 Å². The summed E-state index contributed by atoms with van der Waals surface area (Å²) in [6.45, 7) is 8.52. The lowest BCUT2D eigenvalue weighted by molar-refractivity contribution is -0.137. The second-order valence-electron chi connectivity index (χ2n) is 6.66. The van der Waals surface area contributed by atoms with E-state index in [2.05, 4.69) is 18.2 Å². The lowest BCUT2D eigenvalue weighted by atomic mass is 10.0. The van der Waals surface area contributed by atoms with Crippen molar-refractivity contribution in [2.75, 3.05) is 26.2 Å². The molecule has 0 saturated carbocycles. The predicted octanol–water partition coefficient (Wildman–Crippen LogP) is 3.33. The molecule has 1 aliphatic rings. The Morgan fingerprint density at radius 1 is 1.12 bits per heavy atom. The maximum Gasteiger partial charge on any atom is 0.274 e. The maximum atomic E-state index is 12.9. The first-order chi connectivity index (χ1) is 12.0. The van der Waals surface area contributed by atoms with Crippen LogP contribution in [-0.2, 0) is 4.79 Å². The molecule has 1 aromatic carbocycles. The Kier molecular flexibility index (Phi) is 5.37. The quantitative estimate of drug-likeness (QED) is 0.841. The zero-order valence-electron chi connectivity index (χ0n) is 15.1. The lowest BCUT2D eigenvalue weighted by Gasteiger charge is -2.36. The molecule has 5 nitrogen and oxygen atoms in total. The second kappa shape index (κ2) is 7.52. The summed E-state index contributed by atoms with van der Waals surface area (Å²) in [4.78, 5) is 29.1. The monoisotopic (exact) mass is 359 g/mol. The number of amides is 2. The van der Waals surface area contributed by atoms with Crippen LogP contribution in [0.15, 0.2) is 18.2 Å². The first-order valence-corrected chi connectivity index (χ1v) is 9.76. The number of fused-ring (bicyclic) bond motifs is 1. The van der Waals surface area contributed by atoms with Crippen LogP contribution in [0.4, 0.5) is 0 Å². The smallest absolute Gasteiger partial charge is 0.274 e. The summed E-state index contributed by atoms with van der Waals surface area (Å²) in [5.74, 6) is 0.311. The fourth-order valence-corrected chi connectivity index (χ4v) is 4.13. The highest BCUT2D eigenvalue weighted by Crippen LogP contribution is 2.25. The summed E-state index contributed by atoms with van der Waals surface area (Å²) >= 11 is 1.37. The van der Waals surface area contributed by atoms with Crippen molar-refractivity contribution in [2.24, 2.45) is 5.92 Å². The minimum Gasteiger partial charge on any atom is -0.339 e. The van der Waals surface area contributed by atoms with Gasteiger partial charge in [-0.05, 0) is 43.4 Å². The molecule has 0 atom stereocenters. The molecule has 0 bridgehead atoms. The highest BCUT2D eigenvalue weighted by molar-refractivity contribution is 7.13. The highest BCUT2D eigenvalue weighted by atomic mass is 32.1. The van der Waals surface area contributed by atoms with E-state index >= 15 is 0 Å². The Balaban J connectivity index is 1.69. The van der Waals surface area contributed by atoms with E-state index in [-0.39, 0.29) is 17.7 Å². The summed E-state index contributed by atoms with van der Waals surface area (Å²) in [6.07, 6.45) is 1.75. The van der Waals surface area contributed by atoms with E-state index in [1.54, 1.807) is 0 Å². The molecule has 0 spiro atoms. The molecule has 1 fully saturated rings. The largest absolute Gasteiger partial charge is 0.339 e. The first kappa shape index (κ1) is 17.9. The van der Waals surface area contributed by atoms with Crippen LogP contribution in [0, 0.1) is 12.8 Å². The van der Waals surface area contributed by atoms with Crippen LogP contribution >= 0.6 is 11.5 Å². The number of carbonyl (C=O) groups excluding carboxylic acids is 2. The van der Waals surface area contributed by atoms with Crippen molar-refractivity contribution in [1.29, 1.82) is 0 Å². The van der Waals surface area contributed by atoms with Crippen LogP contribution in [-0.4, -0.2) is 52.2 Å². The Labute approximate surface area is 152 Å². The van der Waals surface area contributed by atoms with Crippen molar-refractivity contribution in [3.63, 3.8) is 0 Å². The Morgan fingerprint density at radius 3 is 2.40 bits per heavy atom. The van der Waals surface area contributed by atoms with Gasteiger partial charge in [0.05, 0.1) is 4.70 Å². The van der Waals surface area contributed by atoms with Gasteiger partial charge in [0.1, 0.15) is 5.69 Å². The molecular formula is C19H25N3O2S. The van der Waals surface area contributed by atoms with E-state index in [4.69, 9.17) is 0 Å². The van der Waals surface area contributed by atoms with E-state index in [0.29, 0.717) is 31.9 Å². The van der Waals surface area contributed by atoms with Crippen molar-refractivity contribution < 1.29 is 9.59 Å². The predicted molar refractivity (Wildman–Crippen MR) is 101 cm³/mol. The van der Waals surface area contributed by atoms with E-state index in [9.17, 15) is 9.59 Å². The van der Waals surface area contributed by atoms with Gasteiger partial charge in [0.25, 0.3) is 5.91 Å². The third-order valence-corrected chi connectivity index (χ3v) is 5.87. The van der Waals surface area contributed by atoms with Crippen molar-refractivity contribution in [3.05, 3.63) is 29.5 Å². The van der Waals surface area contributed by atoms with Crippen LogP contribution in [0.25, 0.3) is 10.1 Å². The number of aromatic nitrogens is 1. The van der Waals surface area contributed by atoms with Gasteiger partial charge in [-0.3, -0.25) is 9.59 Å². The van der Waals surface area contributed by atoms with Gasteiger partial charge in [0.15, 0.2) is 0 Å². The van der Waals surface area contributed by atoms with Gasteiger partial charge in [-0.15, -0.1) is 0 Å². The SMILES string of the molecule is CCC(CC)C(=O)N1CCN(C(=O)c2nsc3ccc(C)cc23)CC1. The third kappa shape index (κ3) is 3.54. The number of hydrogen-bond acceptors (Lipinski definition) is 4. The summed E-state index contributed by atoms with van der Waals surface area (Å²) in [5, 5.41) is 0.936. The van der Waals surface area contributed by atoms with Crippen molar-refractivity contribution in [3.8, 4) is 0 Å². The molecule has 1 saturated heterocycles. The van der Waals surface area contributed by atoms with E-state index in [1.165, 1.54) is 11.5 Å². The second-order valence-corrected chi connectivity index (χ2v) is 7.47. The van der Waals surface area contributed by atoms with Crippen LogP contribution in [0.1, 0.15) is 42.7 Å². The summed E-state index contributed by atoms with van der Waals surface area (Å²) < 4.78 is 5.43. The minimum atomic E-state index is -0.0218. The molecule has 0 N–H and O–H groups in total. The molecule has 25 heavy (non-hydrogen) atoms. The molecule has 3 rings (SSSR count). The average Bonchev–Trinajstić information content (AvgIpc) is 3.05. The molecule has 134 valence electrons. The zero-order valence-corrected chi connectivity index (χ0v) is 15.9. The Bertz CT molecular complexity index is 774. The van der Waals surface area contributed by atoms with E-state index < -0.39 is 0 Å². The Hall–Kier alpha value is -1.95. The topological polar surface area (TPSA) is 53.5 Å². The average molecular weight is 359 g/mol. The van der Waals surface area contributed by atoms with Gasteiger partial charge in [-0.25, -0.2) is 0 Å². The van der Waals surface area contributed by atoms with E-state index in [0.717, 1.165) is 28.5 Å². The molecule has 0 unspecified atom stereocenters. The lowest BCUT2D eigenvalue weighted by Crippen LogP contribution is -2.52. The normalized spacial score (nSPS) is 15.2. The molecule has 0 radical (unpaired) electrons. The third-order valence-electron chi connectivity index (χ3n) is 5.04.